The van der Waals surface area contributed by atoms with Crippen LogP contribution in [0.25, 0.3) is 0 Å². The maximum Gasteiger partial charge on any atom is 0.256 e. The molecule has 82 valence electrons. The first-order chi connectivity index (χ1) is 6.97. The van der Waals surface area contributed by atoms with Crippen LogP contribution in [0.15, 0.2) is 29.2 Å². The molecule has 2 nitrogen and oxygen atoms in total. The highest BCUT2D eigenvalue weighted by molar-refractivity contribution is 8.06. The van der Waals surface area contributed by atoms with Crippen LogP contribution in [0.5, 0.6) is 0 Å². The van der Waals surface area contributed by atoms with Gasteiger partial charge in [0.15, 0.2) is 0 Å². The molecule has 15 heavy (non-hydrogen) atoms. The van der Waals surface area contributed by atoms with Gasteiger partial charge in [-0.25, -0.2) is 0 Å². The van der Waals surface area contributed by atoms with Crippen molar-refractivity contribution in [2.75, 3.05) is 10.2 Å². The van der Waals surface area contributed by atoms with Gasteiger partial charge in [-0.05, 0) is 12.1 Å². The van der Waals surface area contributed by atoms with E-state index in [2.05, 4.69) is 0 Å². The molecule has 0 saturated heterocycles. The highest BCUT2D eigenvalue weighted by atomic mass is 35.6. The van der Waals surface area contributed by atoms with Crippen LogP contribution in [-0.2, 0) is 10.8 Å². The van der Waals surface area contributed by atoms with Crippen LogP contribution in [0, 0.1) is 0 Å². The van der Waals surface area contributed by atoms with Gasteiger partial charge in [0, 0.05) is 11.9 Å². The molecule has 1 heterocycles. The quantitative estimate of drug-likeness (QED) is 0.584. The van der Waals surface area contributed by atoms with E-state index in [4.69, 9.17) is 34.8 Å². The van der Waals surface area contributed by atoms with Crippen LogP contribution in [0.4, 0.5) is 5.69 Å². The minimum Gasteiger partial charge on any atom is -0.299 e. The molecule has 0 saturated carbocycles. The first kappa shape index (κ1) is 11.9. The molecule has 1 atom stereocenters. The van der Waals surface area contributed by atoms with Crippen molar-refractivity contribution in [3.8, 4) is 0 Å². The van der Waals surface area contributed by atoms with Crippen molar-refractivity contribution in [2.45, 2.75) is 8.02 Å². The third-order valence-corrected chi connectivity index (χ3v) is 4.69. The van der Waals surface area contributed by atoms with E-state index >= 15 is 0 Å². The fraction of sp³-hybridized carbons (Fsp3) is 0.250. The SMILES string of the molecule is O=S1CN(SC(Cl)(Cl)Cl)c2ccccc21. The van der Waals surface area contributed by atoms with Crippen molar-refractivity contribution < 1.29 is 4.21 Å². The van der Waals surface area contributed by atoms with Crippen molar-refractivity contribution in [3.05, 3.63) is 24.3 Å². The van der Waals surface area contributed by atoms with E-state index in [-0.39, 0.29) is 0 Å². The smallest absolute Gasteiger partial charge is 0.256 e. The predicted octanol–water partition coefficient (Wildman–Crippen LogP) is 3.55. The molecule has 7 heteroatoms. The van der Waals surface area contributed by atoms with Gasteiger partial charge < -0.3 is 0 Å². The number of fused-ring (bicyclic) bond motifs is 1. The second-order valence-electron chi connectivity index (χ2n) is 2.86. The van der Waals surface area contributed by atoms with Gasteiger partial charge in [-0.3, -0.25) is 8.51 Å². The molecule has 0 radical (unpaired) electrons. The molecule has 0 fully saturated rings. The van der Waals surface area contributed by atoms with E-state index in [0.29, 0.717) is 5.88 Å². The fourth-order valence-electron chi connectivity index (χ4n) is 1.30. The fourth-order valence-corrected chi connectivity index (χ4v) is 4.25. The number of anilines is 1. The van der Waals surface area contributed by atoms with Crippen LogP contribution >= 0.6 is 46.8 Å². The Morgan fingerprint density at radius 3 is 2.67 bits per heavy atom. The predicted molar refractivity (Wildman–Crippen MR) is 68.1 cm³/mol. The standard InChI is InChI=1S/C8H6Cl3NOS2/c9-8(10,11)14-12-5-15(13)7-4-2-1-3-6(7)12/h1-4H,5H2. The molecule has 1 unspecified atom stereocenters. The Morgan fingerprint density at radius 1 is 1.33 bits per heavy atom. The van der Waals surface area contributed by atoms with Crippen molar-refractivity contribution >= 4 is 63.2 Å². The first-order valence-corrected chi connectivity index (χ1v) is 7.21. The Labute approximate surface area is 109 Å². The van der Waals surface area contributed by atoms with Crippen LogP contribution in [0.3, 0.4) is 0 Å². The minimum atomic E-state index is -1.43. The number of alkyl halides is 3. The first-order valence-electron chi connectivity index (χ1n) is 3.98. The van der Waals surface area contributed by atoms with Gasteiger partial charge in [0.25, 0.3) is 3.12 Å². The molecule has 0 aliphatic carbocycles. The summed E-state index contributed by atoms with van der Waals surface area (Å²) in [7, 11) is -1.03. The molecule has 2 rings (SSSR count). The van der Waals surface area contributed by atoms with Gasteiger partial charge in [0.1, 0.15) is 5.88 Å². The van der Waals surface area contributed by atoms with Gasteiger partial charge in [-0.15, -0.1) is 0 Å². The van der Waals surface area contributed by atoms with Gasteiger partial charge in [-0.1, -0.05) is 46.9 Å². The third-order valence-electron chi connectivity index (χ3n) is 1.83. The van der Waals surface area contributed by atoms with Crippen molar-refractivity contribution in [1.29, 1.82) is 0 Å². The van der Waals surface area contributed by atoms with Gasteiger partial charge in [0.2, 0.25) is 0 Å². The number of hydrogen-bond donors (Lipinski definition) is 0. The molecule has 0 aromatic heterocycles. The zero-order chi connectivity index (χ0) is 11.1. The summed E-state index contributed by atoms with van der Waals surface area (Å²) in [6.45, 7) is 0. The minimum absolute atomic E-state index is 0.359. The topological polar surface area (TPSA) is 20.3 Å². The van der Waals surface area contributed by atoms with E-state index in [1.165, 1.54) is 0 Å². The summed E-state index contributed by atoms with van der Waals surface area (Å²) in [4.78, 5) is 0.791. The summed E-state index contributed by atoms with van der Waals surface area (Å²) in [5.74, 6) is 0.359. The average molecular weight is 303 g/mol. The monoisotopic (exact) mass is 301 g/mol. The number of rotatable bonds is 1. The molecule has 1 aromatic carbocycles. The number of halogens is 3. The van der Waals surface area contributed by atoms with Crippen LogP contribution in [-0.4, -0.2) is 13.2 Å². The maximum atomic E-state index is 11.7. The molecule has 1 aliphatic rings. The molecule has 0 amide bonds. The van der Waals surface area contributed by atoms with Crippen LogP contribution in [0.1, 0.15) is 0 Å². The van der Waals surface area contributed by atoms with E-state index < -0.39 is 13.9 Å². The summed E-state index contributed by atoms with van der Waals surface area (Å²) in [6, 6.07) is 7.40. The molecule has 0 spiro atoms. The van der Waals surface area contributed by atoms with Crippen LogP contribution in [0.2, 0.25) is 0 Å². The lowest BCUT2D eigenvalue weighted by molar-refractivity contribution is 0.686. The summed E-state index contributed by atoms with van der Waals surface area (Å²) in [5, 5.41) is 0. The summed E-state index contributed by atoms with van der Waals surface area (Å²) < 4.78 is 12.0. The molecule has 1 aliphatic heterocycles. The van der Waals surface area contributed by atoms with Crippen LogP contribution < -0.4 is 4.31 Å². The molecule has 0 N–H and O–H groups in total. The Bertz CT molecular complexity index is 407. The Hall–Kier alpha value is 0.390. The Kier molecular flexibility index (Phi) is 3.43. The number of benzene rings is 1. The number of nitrogens with zero attached hydrogens (tertiary/aromatic N) is 1. The number of para-hydroxylation sites is 1. The lowest BCUT2D eigenvalue weighted by atomic mass is 10.3. The lowest BCUT2D eigenvalue weighted by Gasteiger charge is -2.20. The normalized spacial score (nSPS) is 20.5. The van der Waals surface area contributed by atoms with Crippen molar-refractivity contribution in [2.24, 2.45) is 0 Å². The van der Waals surface area contributed by atoms with E-state index in [1.54, 1.807) is 4.31 Å². The molecule has 1 aromatic rings. The second-order valence-corrected chi connectivity index (χ2v) is 8.44. The van der Waals surface area contributed by atoms with Crippen molar-refractivity contribution in [3.63, 3.8) is 0 Å². The van der Waals surface area contributed by atoms with E-state index in [0.717, 1.165) is 22.5 Å². The Balaban J connectivity index is 2.29. The highest BCUT2D eigenvalue weighted by Gasteiger charge is 2.32. The maximum absolute atomic E-state index is 11.7. The molecular weight excluding hydrogens is 297 g/mol. The molecular formula is C8H6Cl3NOS2. The highest BCUT2D eigenvalue weighted by Crippen LogP contribution is 2.46. The van der Waals surface area contributed by atoms with Gasteiger partial charge in [0.05, 0.1) is 21.4 Å². The van der Waals surface area contributed by atoms with Crippen molar-refractivity contribution in [1.82, 2.24) is 0 Å². The summed E-state index contributed by atoms with van der Waals surface area (Å²) in [5.41, 5.74) is 0.854. The largest absolute Gasteiger partial charge is 0.299 e. The van der Waals surface area contributed by atoms with Gasteiger partial charge in [-0.2, -0.15) is 0 Å². The lowest BCUT2D eigenvalue weighted by Crippen LogP contribution is -2.16. The van der Waals surface area contributed by atoms with E-state index in [9.17, 15) is 4.21 Å². The zero-order valence-corrected chi connectivity index (χ0v) is 11.2. The second kappa shape index (κ2) is 4.34. The Morgan fingerprint density at radius 2 is 2.00 bits per heavy atom. The average Bonchev–Trinajstić information content (AvgIpc) is 2.42. The molecule has 0 bridgehead atoms. The number of hydrogen-bond acceptors (Lipinski definition) is 3. The summed E-state index contributed by atoms with van der Waals surface area (Å²) >= 11 is 18.1. The third kappa shape index (κ3) is 2.74. The zero-order valence-electron chi connectivity index (χ0n) is 7.32. The van der Waals surface area contributed by atoms with Gasteiger partial charge >= 0.3 is 0 Å². The van der Waals surface area contributed by atoms with E-state index in [1.807, 2.05) is 24.3 Å². The summed E-state index contributed by atoms with van der Waals surface area (Å²) in [6.07, 6.45) is 0.